The minimum Gasteiger partial charge on any atom is -0.486 e. The van der Waals surface area contributed by atoms with Crippen LogP contribution in [0.2, 0.25) is 0 Å². The Hall–Kier alpha value is -2.31. The molecule has 0 saturated heterocycles. The van der Waals surface area contributed by atoms with E-state index in [4.69, 9.17) is 9.47 Å². The number of sulfonamides is 1. The predicted octanol–water partition coefficient (Wildman–Crippen LogP) is 2.77. The number of anilines is 2. The summed E-state index contributed by atoms with van der Waals surface area (Å²) < 4.78 is 37.6. The molecule has 1 N–H and O–H groups in total. The molecule has 0 unspecified atom stereocenters. The molecule has 0 saturated carbocycles. The van der Waals surface area contributed by atoms with Crippen molar-refractivity contribution in [2.75, 3.05) is 41.4 Å². The first-order valence-corrected chi connectivity index (χ1v) is 12.8. The van der Waals surface area contributed by atoms with E-state index in [9.17, 15) is 13.2 Å². The third kappa shape index (κ3) is 6.09. The van der Waals surface area contributed by atoms with E-state index in [1.807, 2.05) is 0 Å². The number of rotatable bonds is 10. The van der Waals surface area contributed by atoms with Crippen molar-refractivity contribution in [3.63, 3.8) is 0 Å². The maximum absolute atomic E-state index is 12.3. The Morgan fingerprint density at radius 2 is 2.10 bits per heavy atom. The lowest BCUT2D eigenvalue weighted by atomic mass is 10.2. The van der Waals surface area contributed by atoms with Gasteiger partial charge in [0.1, 0.15) is 13.2 Å². The molecule has 0 radical (unpaired) electrons. The molecular weight excluding hydrogens is 448 g/mol. The van der Waals surface area contributed by atoms with Gasteiger partial charge >= 0.3 is 0 Å². The van der Waals surface area contributed by atoms with Crippen LogP contribution in [0.25, 0.3) is 0 Å². The van der Waals surface area contributed by atoms with E-state index in [1.54, 1.807) is 24.3 Å². The van der Waals surface area contributed by atoms with E-state index < -0.39 is 10.0 Å². The van der Waals surface area contributed by atoms with Crippen molar-refractivity contribution in [1.82, 2.24) is 10.2 Å². The number of hydrogen-bond acceptors (Lipinski definition) is 9. The van der Waals surface area contributed by atoms with Crippen LogP contribution in [0.15, 0.2) is 35.2 Å². The van der Waals surface area contributed by atoms with E-state index in [0.29, 0.717) is 47.7 Å². The molecule has 30 heavy (non-hydrogen) atoms. The van der Waals surface area contributed by atoms with Gasteiger partial charge in [-0.25, -0.2) is 8.42 Å². The van der Waals surface area contributed by atoms with E-state index in [0.717, 1.165) is 10.6 Å². The van der Waals surface area contributed by atoms with Crippen molar-refractivity contribution in [1.29, 1.82) is 0 Å². The normalized spacial score (nSPS) is 13.0. The Kier molecular flexibility index (Phi) is 7.56. The Balaban J connectivity index is 1.57. The predicted molar refractivity (Wildman–Crippen MR) is 118 cm³/mol. The van der Waals surface area contributed by atoms with E-state index in [1.165, 1.54) is 27.4 Å². The van der Waals surface area contributed by atoms with Gasteiger partial charge in [0.05, 0.1) is 11.9 Å². The minimum absolute atomic E-state index is 0.144. The molecule has 0 aliphatic carbocycles. The summed E-state index contributed by atoms with van der Waals surface area (Å²) in [5.41, 5.74) is 0.468. The van der Waals surface area contributed by atoms with Crippen molar-refractivity contribution in [3.8, 4) is 11.5 Å². The van der Waals surface area contributed by atoms with Crippen LogP contribution in [-0.4, -0.2) is 56.3 Å². The van der Waals surface area contributed by atoms with Crippen molar-refractivity contribution >= 4 is 49.8 Å². The van der Waals surface area contributed by atoms with Crippen molar-refractivity contribution in [3.05, 3.63) is 30.9 Å². The van der Waals surface area contributed by atoms with Gasteiger partial charge in [0, 0.05) is 24.8 Å². The fourth-order valence-electron chi connectivity index (χ4n) is 2.69. The van der Waals surface area contributed by atoms with Crippen LogP contribution in [0.4, 0.5) is 10.8 Å². The standard InChI is InChI=1S/C18H22N4O5S3/c1-3-11-28-18-21-20-17(29-18)19-16(23)5-4-8-22(30(2,24)25)13-6-7-14-15(12-13)27-10-9-26-14/h3,6-7,12H,1,4-5,8-11H2,2H3,(H,19,20,23). The van der Waals surface area contributed by atoms with Gasteiger partial charge in [-0.15, -0.1) is 16.8 Å². The molecule has 1 aliphatic heterocycles. The van der Waals surface area contributed by atoms with Gasteiger partial charge in [-0.2, -0.15) is 0 Å². The Morgan fingerprint density at radius 3 is 2.83 bits per heavy atom. The molecule has 12 heteroatoms. The summed E-state index contributed by atoms with van der Waals surface area (Å²) in [6.07, 6.45) is 3.38. The van der Waals surface area contributed by atoms with Gasteiger partial charge < -0.3 is 14.8 Å². The van der Waals surface area contributed by atoms with Crippen molar-refractivity contribution < 1.29 is 22.7 Å². The van der Waals surface area contributed by atoms with Gasteiger partial charge in [-0.3, -0.25) is 9.10 Å². The van der Waals surface area contributed by atoms with Crippen LogP contribution in [0.3, 0.4) is 0 Å². The number of nitrogens with zero attached hydrogens (tertiary/aromatic N) is 3. The monoisotopic (exact) mass is 470 g/mol. The second kappa shape index (κ2) is 10.1. The molecule has 2 heterocycles. The first-order chi connectivity index (χ1) is 14.4. The summed E-state index contributed by atoms with van der Waals surface area (Å²) in [6.45, 7) is 4.67. The van der Waals surface area contributed by atoms with E-state index in [-0.39, 0.29) is 18.9 Å². The summed E-state index contributed by atoms with van der Waals surface area (Å²) in [4.78, 5) is 12.2. The van der Waals surface area contributed by atoms with Gasteiger partial charge in [-0.05, 0) is 18.6 Å². The zero-order chi connectivity index (χ0) is 21.6. The lowest BCUT2D eigenvalue weighted by Gasteiger charge is -2.25. The number of carbonyl (C=O) groups is 1. The number of amides is 1. The topological polar surface area (TPSA) is 111 Å². The van der Waals surface area contributed by atoms with Gasteiger partial charge in [0.25, 0.3) is 0 Å². The summed E-state index contributed by atoms with van der Waals surface area (Å²) in [5.74, 6) is 1.55. The van der Waals surface area contributed by atoms with Crippen molar-refractivity contribution in [2.24, 2.45) is 0 Å². The van der Waals surface area contributed by atoms with Crippen LogP contribution in [0.5, 0.6) is 11.5 Å². The van der Waals surface area contributed by atoms with Crippen molar-refractivity contribution in [2.45, 2.75) is 17.2 Å². The second-order valence-corrected chi connectivity index (χ2v) is 10.4. The maximum atomic E-state index is 12.3. The maximum Gasteiger partial charge on any atom is 0.232 e. The number of aromatic nitrogens is 2. The number of hydrogen-bond donors (Lipinski definition) is 1. The molecular formula is C18H22N4O5S3. The largest absolute Gasteiger partial charge is 0.486 e. The van der Waals surface area contributed by atoms with E-state index in [2.05, 4.69) is 22.1 Å². The first kappa shape index (κ1) is 22.4. The first-order valence-electron chi connectivity index (χ1n) is 9.11. The van der Waals surface area contributed by atoms with Crippen LogP contribution >= 0.6 is 23.1 Å². The number of thioether (sulfide) groups is 1. The van der Waals surface area contributed by atoms with Crippen LogP contribution in [0, 0.1) is 0 Å². The number of nitrogens with one attached hydrogen (secondary N) is 1. The number of fused-ring (bicyclic) bond motifs is 1. The molecule has 0 spiro atoms. The Labute approximate surface area is 183 Å². The lowest BCUT2D eigenvalue weighted by molar-refractivity contribution is -0.116. The zero-order valence-corrected chi connectivity index (χ0v) is 18.8. The van der Waals surface area contributed by atoms with Crippen LogP contribution in [-0.2, 0) is 14.8 Å². The highest BCUT2D eigenvalue weighted by atomic mass is 32.2. The summed E-state index contributed by atoms with van der Waals surface area (Å²) in [5, 5.41) is 11.0. The number of benzene rings is 1. The molecule has 1 amide bonds. The molecule has 1 aliphatic rings. The summed E-state index contributed by atoms with van der Waals surface area (Å²) in [7, 11) is -3.53. The molecule has 9 nitrogen and oxygen atoms in total. The number of carbonyl (C=O) groups excluding carboxylic acids is 1. The quantitative estimate of drug-likeness (QED) is 0.321. The Bertz CT molecular complexity index is 1010. The molecule has 0 bridgehead atoms. The van der Waals surface area contributed by atoms with Gasteiger partial charge in [-0.1, -0.05) is 29.2 Å². The van der Waals surface area contributed by atoms with Gasteiger partial charge in [0.15, 0.2) is 15.8 Å². The van der Waals surface area contributed by atoms with Gasteiger partial charge in [0.2, 0.25) is 21.1 Å². The fraction of sp³-hybridized carbons (Fsp3) is 0.389. The highest BCUT2D eigenvalue weighted by molar-refractivity contribution is 8.01. The van der Waals surface area contributed by atoms with Crippen LogP contribution < -0.4 is 19.1 Å². The molecule has 3 rings (SSSR count). The molecule has 2 aromatic rings. The highest BCUT2D eigenvalue weighted by Gasteiger charge is 2.21. The molecule has 0 atom stereocenters. The molecule has 1 aromatic heterocycles. The molecule has 162 valence electrons. The third-order valence-corrected chi connectivity index (χ3v) is 7.12. The fourth-order valence-corrected chi connectivity index (χ4v) is 5.17. The lowest BCUT2D eigenvalue weighted by Crippen LogP contribution is -2.31. The van der Waals surface area contributed by atoms with E-state index >= 15 is 0 Å². The SMILES string of the molecule is C=CCSc1nnc(NC(=O)CCCN(c2ccc3c(c2)OCCO3)S(C)(=O)=O)s1. The average Bonchev–Trinajstić information content (AvgIpc) is 3.15. The summed E-state index contributed by atoms with van der Waals surface area (Å²) in [6, 6.07) is 4.99. The Morgan fingerprint density at radius 1 is 1.33 bits per heavy atom. The highest BCUT2D eigenvalue weighted by Crippen LogP contribution is 2.34. The zero-order valence-electron chi connectivity index (χ0n) is 16.4. The average molecular weight is 471 g/mol. The third-order valence-electron chi connectivity index (χ3n) is 3.96. The molecule has 1 aromatic carbocycles. The summed E-state index contributed by atoms with van der Waals surface area (Å²) >= 11 is 2.77. The second-order valence-electron chi connectivity index (χ2n) is 6.29. The number of ether oxygens (including phenoxy) is 2. The minimum atomic E-state index is -3.53. The smallest absolute Gasteiger partial charge is 0.232 e. The molecule has 0 fully saturated rings. The van der Waals surface area contributed by atoms with Crippen LogP contribution in [0.1, 0.15) is 12.8 Å².